The minimum atomic E-state index is 0.177. The molecule has 2 unspecified atom stereocenters. The molecule has 2 rings (SSSR count). The highest BCUT2D eigenvalue weighted by molar-refractivity contribution is 6.20. The minimum Gasteiger partial charge on any atom is -0.233 e. The fourth-order valence-electron chi connectivity index (χ4n) is 1.75. The lowest BCUT2D eigenvalue weighted by Crippen LogP contribution is -2.09. The molecule has 1 saturated carbocycles. The molecule has 0 heterocycles. The van der Waals surface area contributed by atoms with Gasteiger partial charge in [0.15, 0.2) is 0 Å². The van der Waals surface area contributed by atoms with Gasteiger partial charge in [-0.1, -0.05) is 30.3 Å². The van der Waals surface area contributed by atoms with Gasteiger partial charge in [0.1, 0.15) is 6.61 Å². The number of benzene rings is 1. The van der Waals surface area contributed by atoms with E-state index in [2.05, 4.69) is 0 Å². The first-order chi connectivity index (χ1) is 7.34. The Labute approximate surface area is 95.1 Å². The summed E-state index contributed by atoms with van der Waals surface area (Å²) in [6, 6.07) is 10.00. The fraction of sp³-hybridized carbons (Fsp3) is 0.500. The van der Waals surface area contributed by atoms with E-state index in [0.717, 1.165) is 24.8 Å². The lowest BCUT2D eigenvalue weighted by molar-refractivity contribution is -0.331. The van der Waals surface area contributed by atoms with E-state index in [0.29, 0.717) is 6.61 Å². The lowest BCUT2D eigenvalue weighted by atomic mass is 10.2. The van der Waals surface area contributed by atoms with Crippen molar-refractivity contribution in [2.45, 2.75) is 37.4 Å². The van der Waals surface area contributed by atoms with Crippen molar-refractivity contribution >= 4 is 11.6 Å². The number of halogens is 1. The van der Waals surface area contributed by atoms with Crippen LogP contribution >= 0.6 is 11.6 Å². The van der Waals surface area contributed by atoms with Crippen molar-refractivity contribution in [3.63, 3.8) is 0 Å². The van der Waals surface area contributed by atoms with E-state index in [4.69, 9.17) is 21.4 Å². The summed E-state index contributed by atoms with van der Waals surface area (Å²) in [5.74, 6) is 0. The molecule has 2 nitrogen and oxygen atoms in total. The Bertz CT molecular complexity index is 289. The van der Waals surface area contributed by atoms with Crippen LogP contribution in [-0.2, 0) is 16.4 Å². The van der Waals surface area contributed by atoms with E-state index in [-0.39, 0.29) is 11.5 Å². The number of alkyl halides is 1. The van der Waals surface area contributed by atoms with Crippen LogP contribution in [0, 0.1) is 0 Å². The van der Waals surface area contributed by atoms with Gasteiger partial charge in [-0.15, -0.1) is 11.6 Å². The maximum absolute atomic E-state index is 5.97. The quantitative estimate of drug-likeness (QED) is 0.446. The van der Waals surface area contributed by atoms with Crippen LogP contribution in [0.3, 0.4) is 0 Å². The van der Waals surface area contributed by atoms with Crippen LogP contribution in [0.1, 0.15) is 24.8 Å². The Morgan fingerprint density at radius 1 is 1.20 bits per heavy atom. The Balaban J connectivity index is 1.67. The van der Waals surface area contributed by atoms with Crippen molar-refractivity contribution in [1.29, 1.82) is 0 Å². The second-order valence-corrected chi connectivity index (χ2v) is 4.49. The van der Waals surface area contributed by atoms with Crippen LogP contribution < -0.4 is 0 Å². The van der Waals surface area contributed by atoms with Crippen molar-refractivity contribution in [1.82, 2.24) is 0 Å². The second kappa shape index (κ2) is 5.50. The highest BCUT2D eigenvalue weighted by Gasteiger charge is 2.24. The van der Waals surface area contributed by atoms with Gasteiger partial charge in [-0.2, -0.15) is 0 Å². The van der Waals surface area contributed by atoms with E-state index in [1.54, 1.807) is 0 Å². The second-order valence-electron chi connectivity index (χ2n) is 3.88. The number of hydrogen-bond donors (Lipinski definition) is 0. The maximum atomic E-state index is 5.97. The topological polar surface area (TPSA) is 18.5 Å². The Morgan fingerprint density at radius 2 is 2.00 bits per heavy atom. The molecule has 0 N–H and O–H groups in total. The first-order valence-electron chi connectivity index (χ1n) is 5.31. The molecule has 82 valence electrons. The van der Waals surface area contributed by atoms with Crippen LogP contribution in [-0.4, -0.2) is 11.5 Å². The zero-order valence-corrected chi connectivity index (χ0v) is 9.32. The molecular formula is C12H15ClO2. The Morgan fingerprint density at radius 3 is 2.67 bits per heavy atom. The smallest absolute Gasteiger partial charge is 0.107 e. The summed E-state index contributed by atoms with van der Waals surface area (Å²) in [7, 11) is 0. The third-order valence-electron chi connectivity index (χ3n) is 2.59. The summed E-state index contributed by atoms with van der Waals surface area (Å²) < 4.78 is 0. The van der Waals surface area contributed by atoms with Crippen LogP contribution in [0.4, 0.5) is 0 Å². The summed E-state index contributed by atoms with van der Waals surface area (Å²) in [5, 5.41) is 0.260. The molecule has 3 heteroatoms. The Hall–Kier alpha value is -0.570. The molecule has 1 aromatic rings. The van der Waals surface area contributed by atoms with Crippen LogP contribution in [0.25, 0.3) is 0 Å². The van der Waals surface area contributed by atoms with E-state index >= 15 is 0 Å². The largest absolute Gasteiger partial charge is 0.233 e. The maximum Gasteiger partial charge on any atom is 0.107 e. The molecule has 0 radical (unpaired) electrons. The highest BCUT2D eigenvalue weighted by atomic mass is 35.5. The van der Waals surface area contributed by atoms with Crippen LogP contribution in [0.2, 0.25) is 0 Å². The molecule has 0 amide bonds. The molecule has 1 fully saturated rings. The van der Waals surface area contributed by atoms with Crippen molar-refractivity contribution in [3.05, 3.63) is 35.9 Å². The lowest BCUT2D eigenvalue weighted by Gasteiger charge is -2.09. The van der Waals surface area contributed by atoms with Gasteiger partial charge in [-0.05, 0) is 24.8 Å². The molecule has 0 saturated heterocycles. The average Bonchev–Trinajstić information content (AvgIpc) is 2.66. The zero-order valence-electron chi connectivity index (χ0n) is 8.56. The summed E-state index contributed by atoms with van der Waals surface area (Å²) in [6.45, 7) is 0.504. The molecule has 0 bridgehead atoms. The highest BCUT2D eigenvalue weighted by Crippen LogP contribution is 2.26. The predicted molar refractivity (Wildman–Crippen MR) is 59.6 cm³/mol. The van der Waals surface area contributed by atoms with Crippen molar-refractivity contribution in [2.24, 2.45) is 0 Å². The van der Waals surface area contributed by atoms with Gasteiger partial charge < -0.3 is 0 Å². The first kappa shape index (κ1) is 10.9. The third-order valence-corrected chi connectivity index (χ3v) is 2.99. The van der Waals surface area contributed by atoms with Gasteiger partial charge >= 0.3 is 0 Å². The molecule has 1 aliphatic carbocycles. The normalized spacial score (nSPS) is 25.7. The van der Waals surface area contributed by atoms with Gasteiger partial charge in [0, 0.05) is 5.38 Å². The molecule has 0 spiro atoms. The van der Waals surface area contributed by atoms with Crippen LogP contribution in [0.15, 0.2) is 30.3 Å². The predicted octanol–water partition coefficient (Wildman–Crippen LogP) is 3.29. The molecule has 2 atom stereocenters. The van der Waals surface area contributed by atoms with Gasteiger partial charge in [-0.25, -0.2) is 9.78 Å². The summed E-state index contributed by atoms with van der Waals surface area (Å²) >= 11 is 5.97. The average molecular weight is 227 g/mol. The van der Waals surface area contributed by atoms with Crippen molar-refractivity contribution in [2.75, 3.05) is 0 Å². The monoisotopic (exact) mass is 226 g/mol. The molecule has 0 aromatic heterocycles. The molecular weight excluding hydrogens is 212 g/mol. The third kappa shape index (κ3) is 3.49. The fourth-order valence-corrected chi connectivity index (χ4v) is 2.07. The van der Waals surface area contributed by atoms with Crippen molar-refractivity contribution in [3.8, 4) is 0 Å². The van der Waals surface area contributed by atoms with E-state index < -0.39 is 0 Å². The molecule has 15 heavy (non-hydrogen) atoms. The summed E-state index contributed by atoms with van der Waals surface area (Å²) in [5.41, 5.74) is 1.12. The Kier molecular flexibility index (Phi) is 4.01. The van der Waals surface area contributed by atoms with Gasteiger partial charge in [0.25, 0.3) is 0 Å². The van der Waals surface area contributed by atoms with Crippen molar-refractivity contribution < 1.29 is 9.78 Å². The summed E-state index contributed by atoms with van der Waals surface area (Å²) in [6.07, 6.45) is 3.11. The number of rotatable bonds is 4. The minimum absolute atomic E-state index is 0.177. The standard InChI is InChI=1S/C12H15ClO2/c13-11-6-7-12(8-11)15-14-9-10-4-2-1-3-5-10/h1-5,11-12H,6-9H2. The molecule has 1 aromatic carbocycles. The van der Waals surface area contributed by atoms with E-state index in [9.17, 15) is 0 Å². The van der Waals surface area contributed by atoms with E-state index in [1.165, 1.54) is 0 Å². The molecule has 0 aliphatic heterocycles. The summed E-state index contributed by atoms with van der Waals surface area (Å²) in [4.78, 5) is 10.5. The zero-order chi connectivity index (χ0) is 10.5. The van der Waals surface area contributed by atoms with Crippen LogP contribution in [0.5, 0.6) is 0 Å². The van der Waals surface area contributed by atoms with E-state index in [1.807, 2.05) is 30.3 Å². The van der Waals surface area contributed by atoms with Gasteiger partial charge in [0.2, 0.25) is 0 Å². The SMILES string of the molecule is ClC1CCC(OOCc2ccccc2)C1. The molecule has 1 aliphatic rings. The first-order valence-corrected chi connectivity index (χ1v) is 5.74. The number of hydrogen-bond acceptors (Lipinski definition) is 2. The van der Waals surface area contributed by atoms with Gasteiger partial charge in [-0.3, -0.25) is 0 Å². The van der Waals surface area contributed by atoms with Gasteiger partial charge in [0.05, 0.1) is 6.10 Å².